The van der Waals surface area contributed by atoms with Crippen LogP contribution in [0, 0.1) is 0 Å². The molecule has 0 aliphatic rings. The number of carbonyl (C=O) groups excluding carboxylic acids is 1. The van der Waals surface area contributed by atoms with Gasteiger partial charge < -0.3 is 15.6 Å². The van der Waals surface area contributed by atoms with Gasteiger partial charge in [0.15, 0.2) is 5.78 Å². The van der Waals surface area contributed by atoms with E-state index < -0.39 is 6.04 Å². The zero-order valence-corrected chi connectivity index (χ0v) is 17.1. The van der Waals surface area contributed by atoms with Gasteiger partial charge in [-0.15, -0.1) is 0 Å². The maximum absolute atomic E-state index is 11.8. The molecule has 1 unspecified atom stereocenters. The highest BCUT2D eigenvalue weighted by Crippen LogP contribution is 2.10. The van der Waals surface area contributed by atoms with Crippen molar-refractivity contribution in [3.05, 3.63) is 12.2 Å². The number of Topliss-reactive ketones (excluding diaryl/α,β-unsaturated/α-hetero) is 1. The summed E-state index contributed by atoms with van der Waals surface area (Å²) in [7, 11) is 0. The quantitative estimate of drug-likeness (QED) is 0.236. The first-order valence-corrected chi connectivity index (χ1v) is 10.8. The highest BCUT2D eigenvalue weighted by atomic mass is 16.5. The van der Waals surface area contributed by atoms with Gasteiger partial charge in [-0.3, -0.25) is 4.79 Å². The number of unbranched alkanes of at least 4 members (excludes halogenated alkanes) is 11. The summed E-state index contributed by atoms with van der Waals surface area (Å²) in [4.78, 5) is 11.8. The van der Waals surface area contributed by atoms with Crippen molar-refractivity contribution in [3.63, 3.8) is 0 Å². The van der Waals surface area contributed by atoms with E-state index in [1.165, 1.54) is 70.6 Å². The number of aliphatic hydroxyl groups is 1. The summed E-state index contributed by atoms with van der Waals surface area (Å²) in [6.45, 7) is 2.68. The summed E-state index contributed by atoms with van der Waals surface area (Å²) >= 11 is 0. The maximum atomic E-state index is 11.8. The van der Waals surface area contributed by atoms with Crippen LogP contribution in [0.3, 0.4) is 0 Å². The van der Waals surface area contributed by atoms with Crippen molar-refractivity contribution in [2.75, 3.05) is 19.8 Å². The molecule has 154 valence electrons. The lowest BCUT2D eigenvalue weighted by Gasteiger charge is -2.10. The lowest BCUT2D eigenvalue weighted by Crippen LogP contribution is -2.35. The Morgan fingerprint density at radius 3 is 2.04 bits per heavy atom. The molecule has 0 aliphatic carbocycles. The normalized spacial score (nSPS) is 12.7. The Labute approximate surface area is 161 Å². The third-order valence-electron chi connectivity index (χ3n) is 4.63. The number of rotatable bonds is 20. The molecule has 0 bridgehead atoms. The molecule has 0 saturated carbocycles. The van der Waals surface area contributed by atoms with E-state index >= 15 is 0 Å². The number of ketones is 1. The summed E-state index contributed by atoms with van der Waals surface area (Å²) < 4.78 is 5.09. The predicted octanol–water partition coefficient (Wildman–Crippen LogP) is 4.93. The minimum atomic E-state index is -0.543. The van der Waals surface area contributed by atoms with Gasteiger partial charge >= 0.3 is 0 Å². The van der Waals surface area contributed by atoms with E-state index in [1.54, 1.807) is 0 Å². The molecule has 1 atom stereocenters. The lowest BCUT2D eigenvalue weighted by atomic mass is 10.0. The fourth-order valence-electron chi connectivity index (χ4n) is 2.92. The maximum Gasteiger partial charge on any atom is 0.151 e. The smallest absolute Gasteiger partial charge is 0.151 e. The largest absolute Gasteiger partial charge is 0.394 e. The van der Waals surface area contributed by atoms with Crippen LogP contribution in [0.1, 0.15) is 96.8 Å². The minimum Gasteiger partial charge on any atom is -0.394 e. The van der Waals surface area contributed by atoms with E-state index in [4.69, 9.17) is 15.6 Å². The van der Waals surface area contributed by atoms with Crippen molar-refractivity contribution in [2.45, 2.75) is 103 Å². The first kappa shape index (κ1) is 25.3. The van der Waals surface area contributed by atoms with Gasteiger partial charge in [0.05, 0.1) is 25.9 Å². The number of carbonyl (C=O) groups is 1. The Balaban J connectivity index is 3.30. The first-order valence-electron chi connectivity index (χ1n) is 10.8. The highest BCUT2D eigenvalue weighted by Gasteiger charge is 2.12. The van der Waals surface area contributed by atoms with Crippen LogP contribution in [-0.2, 0) is 9.53 Å². The fraction of sp³-hybridized carbons (Fsp3) is 0.864. The van der Waals surface area contributed by atoms with Gasteiger partial charge in [-0.05, 0) is 32.1 Å². The Morgan fingerprint density at radius 1 is 0.923 bits per heavy atom. The van der Waals surface area contributed by atoms with E-state index in [0.29, 0.717) is 6.42 Å². The van der Waals surface area contributed by atoms with Gasteiger partial charge in [0, 0.05) is 6.42 Å². The average molecular weight is 370 g/mol. The van der Waals surface area contributed by atoms with E-state index in [-0.39, 0.29) is 25.6 Å². The molecule has 3 N–H and O–H groups in total. The molecule has 0 radical (unpaired) electrons. The number of allylic oxidation sites excluding steroid dienone is 2. The molecule has 0 aromatic carbocycles. The van der Waals surface area contributed by atoms with Crippen LogP contribution in [-0.4, -0.2) is 36.8 Å². The monoisotopic (exact) mass is 369 g/mol. The molecular weight excluding hydrogens is 326 g/mol. The van der Waals surface area contributed by atoms with Crippen LogP contribution in [0.25, 0.3) is 0 Å². The van der Waals surface area contributed by atoms with E-state index in [9.17, 15) is 4.79 Å². The van der Waals surface area contributed by atoms with Crippen molar-refractivity contribution in [2.24, 2.45) is 5.73 Å². The predicted molar refractivity (Wildman–Crippen MR) is 110 cm³/mol. The van der Waals surface area contributed by atoms with Crippen LogP contribution in [0.4, 0.5) is 0 Å². The second-order valence-electron chi connectivity index (χ2n) is 7.21. The number of hydrogen-bond donors (Lipinski definition) is 2. The average Bonchev–Trinajstić information content (AvgIpc) is 2.64. The number of ether oxygens (including phenoxy) is 1. The van der Waals surface area contributed by atoms with Crippen LogP contribution >= 0.6 is 0 Å². The lowest BCUT2D eigenvalue weighted by molar-refractivity contribution is -0.121. The molecule has 0 fully saturated rings. The van der Waals surface area contributed by atoms with E-state index in [2.05, 4.69) is 19.1 Å². The summed E-state index contributed by atoms with van der Waals surface area (Å²) in [6.07, 6.45) is 21.5. The molecule has 0 rings (SSSR count). The first-order chi connectivity index (χ1) is 12.7. The van der Waals surface area contributed by atoms with E-state index in [0.717, 1.165) is 12.8 Å². The summed E-state index contributed by atoms with van der Waals surface area (Å²) in [5.41, 5.74) is 5.75. The van der Waals surface area contributed by atoms with Gasteiger partial charge in [0.1, 0.15) is 0 Å². The zero-order chi connectivity index (χ0) is 19.3. The van der Waals surface area contributed by atoms with Crippen LogP contribution in [0.2, 0.25) is 0 Å². The minimum absolute atomic E-state index is 0.0326. The molecule has 0 amide bonds. The Bertz CT molecular complexity index is 331. The Kier molecular flexibility index (Phi) is 20.0. The van der Waals surface area contributed by atoms with Gasteiger partial charge in [-0.25, -0.2) is 0 Å². The molecule has 0 spiro atoms. The van der Waals surface area contributed by atoms with Gasteiger partial charge in [-0.2, -0.15) is 0 Å². The zero-order valence-electron chi connectivity index (χ0n) is 17.1. The summed E-state index contributed by atoms with van der Waals surface area (Å²) in [5.74, 6) is 0.0700. The van der Waals surface area contributed by atoms with Gasteiger partial charge in [0.25, 0.3) is 0 Å². The van der Waals surface area contributed by atoms with Crippen molar-refractivity contribution in [1.29, 1.82) is 0 Å². The highest BCUT2D eigenvalue weighted by molar-refractivity contribution is 5.83. The topological polar surface area (TPSA) is 72.6 Å². The molecule has 0 aromatic heterocycles. The third kappa shape index (κ3) is 18.1. The molecule has 0 heterocycles. The second-order valence-corrected chi connectivity index (χ2v) is 7.21. The van der Waals surface area contributed by atoms with Gasteiger partial charge in [-0.1, -0.05) is 70.4 Å². The standard InChI is InChI=1S/C22H43NO3/c1-2-3-4-5-6-7-8-9-10-11-12-13-14-15-16-17-22(25)21(23)20-26-19-18-24/h9-10,21,24H,2-8,11-20,23H2,1H3/b10-9-. The van der Waals surface area contributed by atoms with Crippen molar-refractivity contribution < 1.29 is 14.6 Å². The number of nitrogens with two attached hydrogens (primary N) is 1. The van der Waals surface area contributed by atoms with Gasteiger partial charge in [0.2, 0.25) is 0 Å². The van der Waals surface area contributed by atoms with Crippen LogP contribution in [0.5, 0.6) is 0 Å². The van der Waals surface area contributed by atoms with Crippen molar-refractivity contribution in [3.8, 4) is 0 Å². The molecule has 26 heavy (non-hydrogen) atoms. The SMILES string of the molecule is CCCCCCCC/C=C\CCCCCCCC(=O)C(N)COCCO. The Hall–Kier alpha value is -0.710. The fourth-order valence-corrected chi connectivity index (χ4v) is 2.92. The molecule has 0 aliphatic heterocycles. The van der Waals surface area contributed by atoms with E-state index in [1.807, 2.05) is 0 Å². The molecule has 4 nitrogen and oxygen atoms in total. The Morgan fingerprint density at radius 2 is 1.46 bits per heavy atom. The molecule has 4 heteroatoms. The second kappa shape index (κ2) is 20.6. The van der Waals surface area contributed by atoms with Crippen LogP contribution < -0.4 is 5.73 Å². The number of aliphatic hydroxyl groups excluding tert-OH is 1. The van der Waals surface area contributed by atoms with Crippen molar-refractivity contribution >= 4 is 5.78 Å². The van der Waals surface area contributed by atoms with Crippen molar-refractivity contribution in [1.82, 2.24) is 0 Å². The molecular formula is C22H43NO3. The third-order valence-corrected chi connectivity index (χ3v) is 4.63. The summed E-state index contributed by atoms with van der Waals surface area (Å²) in [5, 5.41) is 8.61. The number of hydrogen-bond acceptors (Lipinski definition) is 4. The van der Waals surface area contributed by atoms with Crippen LogP contribution in [0.15, 0.2) is 12.2 Å². The summed E-state index contributed by atoms with van der Waals surface area (Å²) in [6, 6.07) is -0.543. The molecule has 0 saturated heterocycles. The molecule has 0 aromatic rings.